The standard InChI is InChI=1S/C13H23NO/c1-3-5-10-14-11-13(15)8-6-12(4-2)7-9-13/h1,12,14-15H,4-11H2,2H3. The molecule has 1 aliphatic rings. The van der Waals surface area contributed by atoms with E-state index < -0.39 is 5.60 Å². The quantitative estimate of drug-likeness (QED) is 0.535. The molecule has 15 heavy (non-hydrogen) atoms. The molecule has 1 saturated carbocycles. The molecule has 0 saturated heterocycles. The molecule has 0 amide bonds. The second-order valence-corrected chi connectivity index (χ2v) is 4.71. The van der Waals surface area contributed by atoms with Crippen LogP contribution in [0.1, 0.15) is 45.4 Å². The average Bonchev–Trinajstić information content (AvgIpc) is 2.26. The zero-order valence-corrected chi connectivity index (χ0v) is 9.76. The van der Waals surface area contributed by atoms with Crippen LogP contribution in [0.15, 0.2) is 0 Å². The molecule has 0 aromatic rings. The third kappa shape index (κ3) is 4.24. The van der Waals surface area contributed by atoms with Crippen molar-refractivity contribution in [3.8, 4) is 12.3 Å². The SMILES string of the molecule is C#CCCNCC1(O)CCC(CC)CC1. The second-order valence-electron chi connectivity index (χ2n) is 4.71. The predicted molar refractivity (Wildman–Crippen MR) is 63.5 cm³/mol. The van der Waals surface area contributed by atoms with E-state index in [0.29, 0.717) is 6.54 Å². The van der Waals surface area contributed by atoms with Crippen molar-refractivity contribution >= 4 is 0 Å². The van der Waals surface area contributed by atoms with Crippen molar-refractivity contribution in [3.05, 3.63) is 0 Å². The van der Waals surface area contributed by atoms with Crippen molar-refractivity contribution in [1.82, 2.24) is 5.32 Å². The molecule has 0 aliphatic heterocycles. The fourth-order valence-electron chi connectivity index (χ4n) is 2.28. The lowest BCUT2D eigenvalue weighted by molar-refractivity contribution is -0.00829. The highest BCUT2D eigenvalue weighted by Gasteiger charge is 2.31. The zero-order valence-electron chi connectivity index (χ0n) is 9.76. The molecule has 0 unspecified atom stereocenters. The Morgan fingerprint density at radius 2 is 2.13 bits per heavy atom. The number of hydrogen-bond donors (Lipinski definition) is 2. The Kier molecular flexibility index (Phi) is 5.14. The smallest absolute Gasteiger partial charge is 0.0771 e. The van der Waals surface area contributed by atoms with Crippen molar-refractivity contribution in [1.29, 1.82) is 0 Å². The summed E-state index contributed by atoms with van der Waals surface area (Å²) in [7, 11) is 0. The molecule has 1 aliphatic carbocycles. The van der Waals surface area contributed by atoms with Crippen LogP contribution in [0.25, 0.3) is 0 Å². The van der Waals surface area contributed by atoms with E-state index >= 15 is 0 Å². The lowest BCUT2D eigenvalue weighted by Gasteiger charge is -2.36. The summed E-state index contributed by atoms with van der Waals surface area (Å²) in [4.78, 5) is 0. The summed E-state index contributed by atoms with van der Waals surface area (Å²) < 4.78 is 0. The first kappa shape index (κ1) is 12.5. The van der Waals surface area contributed by atoms with E-state index in [4.69, 9.17) is 6.42 Å². The summed E-state index contributed by atoms with van der Waals surface area (Å²) in [5.74, 6) is 3.42. The summed E-state index contributed by atoms with van der Waals surface area (Å²) in [6.45, 7) is 3.75. The molecule has 0 aromatic carbocycles. The summed E-state index contributed by atoms with van der Waals surface area (Å²) in [6, 6.07) is 0. The van der Waals surface area contributed by atoms with E-state index in [2.05, 4.69) is 18.2 Å². The molecular weight excluding hydrogens is 186 g/mol. The van der Waals surface area contributed by atoms with Gasteiger partial charge in [-0.1, -0.05) is 13.3 Å². The van der Waals surface area contributed by atoms with Gasteiger partial charge in [-0.05, 0) is 31.6 Å². The van der Waals surface area contributed by atoms with Gasteiger partial charge in [0.15, 0.2) is 0 Å². The Morgan fingerprint density at radius 3 is 2.67 bits per heavy atom. The molecule has 0 atom stereocenters. The van der Waals surface area contributed by atoms with E-state index in [1.807, 2.05) is 0 Å². The Morgan fingerprint density at radius 1 is 1.47 bits per heavy atom. The molecule has 2 N–H and O–H groups in total. The second kappa shape index (κ2) is 6.15. The van der Waals surface area contributed by atoms with Gasteiger partial charge in [0.05, 0.1) is 5.60 Å². The van der Waals surface area contributed by atoms with E-state index in [-0.39, 0.29) is 0 Å². The van der Waals surface area contributed by atoms with Crippen LogP contribution in [0.5, 0.6) is 0 Å². The number of terminal acetylenes is 1. The van der Waals surface area contributed by atoms with Crippen LogP contribution in [0.3, 0.4) is 0 Å². The van der Waals surface area contributed by atoms with Gasteiger partial charge in [-0.15, -0.1) is 12.3 Å². The Labute approximate surface area is 93.5 Å². The highest BCUT2D eigenvalue weighted by Crippen LogP contribution is 2.33. The van der Waals surface area contributed by atoms with Crippen molar-refractivity contribution in [2.75, 3.05) is 13.1 Å². The van der Waals surface area contributed by atoms with E-state index in [1.165, 1.54) is 19.3 Å². The first-order valence-electron chi connectivity index (χ1n) is 6.07. The maximum Gasteiger partial charge on any atom is 0.0771 e. The van der Waals surface area contributed by atoms with Gasteiger partial charge in [0.2, 0.25) is 0 Å². The lowest BCUT2D eigenvalue weighted by atomic mass is 9.78. The monoisotopic (exact) mass is 209 g/mol. The maximum atomic E-state index is 10.3. The van der Waals surface area contributed by atoms with Gasteiger partial charge in [-0.3, -0.25) is 0 Å². The fourth-order valence-corrected chi connectivity index (χ4v) is 2.28. The molecule has 2 heteroatoms. The van der Waals surface area contributed by atoms with Crippen molar-refractivity contribution in [3.63, 3.8) is 0 Å². The molecule has 1 fully saturated rings. The van der Waals surface area contributed by atoms with Crippen molar-refractivity contribution in [2.24, 2.45) is 5.92 Å². The summed E-state index contributed by atoms with van der Waals surface area (Å²) in [6.07, 6.45) is 11.4. The Hall–Kier alpha value is -0.520. The molecule has 0 heterocycles. The van der Waals surface area contributed by atoms with Gasteiger partial charge in [-0.25, -0.2) is 0 Å². The molecule has 0 radical (unpaired) electrons. The minimum absolute atomic E-state index is 0.472. The number of rotatable bonds is 5. The summed E-state index contributed by atoms with van der Waals surface area (Å²) in [5.41, 5.74) is -0.472. The lowest BCUT2D eigenvalue weighted by Crippen LogP contribution is -2.43. The van der Waals surface area contributed by atoms with Gasteiger partial charge in [0.1, 0.15) is 0 Å². The largest absolute Gasteiger partial charge is 0.389 e. The van der Waals surface area contributed by atoms with Crippen LogP contribution in [-0.4, -0.2) is 23.8 Å². The predicted octanol–water partition coefficient (Wildman–Crippen LogP) is 1.93. The zero-order chi connectivity index (χ0) is 11.1. The summed E-state index contributed by atoms with van der Waals surface area (Å²) in [5, 5.41) is 13.5. The fraction of sp³-hybridized carbons (Fsp3) is 0.846. The minimum Gasteiger partial charge on any atom is -0.389 e. The molecule has 86 valence electrons. The number of nitrogens with one attached hydrogen (secondary N) is 1. The maximum absolute atomic E-state index is 10.3. The van der Waals surface area contributed by atoms with Crippen LogP contribution >= 0.6 is 0 Å². The van der Waals surface area contributed by atoms with Gasteiger partial charge in [-0.2, -0.15) is 0 Å². The molecular formula is C13H23NO. The van der Waals surface area contributed by atoms with E-state index in [9.17, 15) is 5.11 Å². The molecule has 0 aromatic heterocycles. The molecule has 0 bridgehead atoms. The van der Waals surface area contributed by atoms with Gasteiger partial charge < -0.3 is 10.4 Å². The highest BCUT2D eigenvalue weighted by atomic mass is 16.3. The van der Waals surface area contributed by atoms with Gasteiger partial charge in [0, 0.05) is 19.5 Å². The van der Waals surface area contributed by atoms with Crippen LogP contribution in [0.2, 0.25) is 0 Å². The van der Waals surface area contributed by atoms with Crippen molar-refractivity contribution in [2.45, 2.75) is 51.0 Å². The number of hydrogen-bond acceptors (Lipinski definition) is 2. The van der Waals surface area contributed by atoms with Gasteiger partial charge >= 0.3 is 0 Å². The third-order valence-corrected chi connectivity index (χ3v) is 3.51. The van der Waals surface area contributed by atoms with E-state index in [0.717, 1.165) is 31.7 Å². The summed E-state index contributed by atoms with van der Waals surface area (Å²) >= 11 is 0. The van der Waals surface area contributed by atoms with Crippen molar-refractivity contribution < 1.29 is 5.11 Å². The molecule has 1 rings (SSSR count). The first-order valence-corrected chi connectivity index (χ1v) is 6.07. The van der Waals surface area contributed by atoms with Gasteiger partial charge in [0.25, 0.3) is 0 Å². The topological polar surface area (TPSA) is 32.3 Å². The first-order chi connectivity index (χ1) is 7.20. The highest BCUT2D eigenvalue weighted by molar-refractivity contribution is 4.88. The Balaban J connectivity index is 2.20. The normalized spacial score (nSPS) is 31.1. The third-order valence-electron chi connectivity index (χ3n) is 3.51. The van der Waals surface area contributed by atoms with Crippen LogP contribution < -0.4 is 5.32 Å². The van der Waals surface area contributed by atoms with E-state index in [1.54, 1.807) is 0 Å². The minimum atomic E-state index is -0.472. The number of aliphatic hydroxyl groups is 1. The van der Waals surface area contributed by atoms with Crippen LogP contribution in [-0.2, 0) is 0 Å². The average molecular weight is 209 g/mol. The van der Waals surface area contributed by atoms with Crippen LogP contribution in [0, 0.1) is 18.3 Å². The Bertz CT molecular complexity index is 211. The molecule has 2 nitrogen and oxygen atoms in total. The molecule has 0 spiro atoms. The van der Waals surface area contributed by atoms with Crippen LogP contribution in [0.4, 0.5) is 0 Å².